The molecule has 1 N–H and O–H groups in total. The molecule has 1 heterocycles. The van der Waals surface area contributed by atoms with Crippen LogP contribution in [0.25, 0.3) is 0 Å². The number of rotatable bonds is 3. The third kappa shape index (κ3) is 3.53. The summed E-state index contributed by atoms with van der Waals surface area (Å²) < 4.78 is 5.45. The van der Waals surface area contributed by atoms with Crippen LogP contribution in [0.2, 0.25) is 0 Å². The summed E-state index contributed by atoms with van der Waals surface area (Å²) in [5.74, 6) is -0.0610. The number of anilines is 1. The van der Waals surface area contributed by atoms with Gasteiger partial charge in [-0.05, 0) is 38.5 Å². The van der Waals surface area contributed by atoms with Crippen molar-refractivity contribution in [2.75, 3.05) is 24.7 Å². The minimum absolute atomic E-state index is 0.0610. The molecule has 1 amide bonds. The van der Waals surface area contributed by atoms with E-state index in [0.717, 1.165) is 11.3 Å². The van der Waals surface area contributed by atoms with Gasteiger partial charge in [0, 0.05) is 12.6 Å². The highest BCUT2D eigenvalue weighted by Gasteiger charge is 2.31. The van der Waals surface area contributed by atoms with Gasteiger partial charge >= 0.3 is 0 Å². The second-order valence-corrected chi connectivity index (χ2v) is 5.58. The fourth-order valence-corrected chi connectivity index (χ4v) is 2.48. The molecule has 0 radical (unpaired) electrons. The number of nitriles is 1. The zero-order chi connectivity index (χ0) is 15.4. The second kappa shape index (κ2) is 6.59. The van der Waals surface area contributed by atoms with E-state index in [1.807, 2.05) is 43.9 Å². The van der Waals surface area contributed by atoms with Crippen LogP contribution in [-0.4, -0.2) is 37.7 Å². The van der Waals surface area contributed by atoms with Crippen molar-refractivity contribution in [2.45, 2.75) is 32.9 Å². The predicted octanol–water partition coefficient (Wildman–Crippen LogP) is 1.60. The van der Waals surface area contributed by atoms with Crippen molar-refractivity contribution < 1.29 is 9.53 Å². The molecule has 1 aromatic carbocycles. The molecule has 1 aliphatic heterocycles. The normalized spacial score (nSPS) is 18.4. The summed E-state index contributed by atoms with van der Waals surface area (Å²) in [7, 11) is 0. The molecule has 5 heteroatoms. The SMILES string of the molecule is Cc1ccc(N2CCOCC2C(=O)NC(C)C)c(C#N)c1. The van der Waals surface area contributed by atoms with E-state index >= 15 is 0 Å². The van der Waals surface area contributed by atoms with Gasteiger partial charge in [-0.1, -0.05) is 6.07 Å². The molecule has 1 saturated heterocycles. The number of carbonyl (C=O) groups is 1. The van der Waals surface area contributed by atoms with E-state index in [-0.39, 0.29) is 11.9 Å². The number of amides is 1. The summed E-state index contributed by atoms with van der Waals surface area (Å²) in [6, 6.07) is 7.63. The number of carbonyl (C=O) groups excluding carboxylic acids is 1. The van der Waals surface area contributed by atoms with Gasteiger partial charge in [0.25, 0.3) is 0 Å². The lowest BCUT2D eigenvalue weighted by Gasteiger charge is -2.37. The lowest BCUT2D eigenvalue weighted by Crippen LogP contribution is -2.55. The highest BCUT2D eigenvalue weighted by atomic mass is 16.5. The van der Waals surface area contributed by atoms with Crippen LogP contribution >= 0.6 is 0 Å². The number of hydrogen-bond acceptors (Lipinski definition) is 4. The van der Waals surface area contributed by atoms with Crippen LogP contribution in [-0.2, 0) is 9.53 Å². The number of benzene rings is 1. The number of hydrogen-bond donors (Lipinski definition) is 1. The van der Waals surface area contributed by atoms with Crippen LogP contribution in [0, 0.1) is 18.3 Å². The van der Waals surface area contributed by atoms with Crippen LogP contribution in [0.1, 0.15) is 25.0 Å². The Morgan fingerprint density at radius 2 is 2.29 bits per heavy atom. The number of morpholine rings is 1. The lowest BCUT2D eigenvalue weighted by molar-refractivity contribution is -0.125. The molecule has 0 aromatic heterocycles. The number of nitrogens with one attached hydrogen (secondary N) is 1. The highest BCUT2D eigenvalue weighted by molar-refractivity contribution is 5.86. The first-order valence-electron chi connectivity index (χ1n) is 7.18. The molecule has 21 heavy (non-hydrogen) atoms. The largest absolute Gasteiger partial charge is 0.377 e. The quantitative estimate of drug-likeness (QED) is 0.917. The maximum Gasteiger partial charge on any atom is 0.245 e. The van der Waals surface area contributed by atoms with Crippen molar-refractivity contribution in [1.82, 2.24) is 5.32 Å². The Hall–Kier alpha value is -2.06. The molecule has 0 saturated carbocycles. The van der Waals surface area contributed by atoms with E-state index < -0.39 is 6.04 Å². The van der Waals surface area contributed by atoms with Gasteiger partial charge < -0.3 is 15.0 Å². The Labute approximate surface area is 125 Å². The maximum atomic E-state index is 12.3. The molecular formula is C16H21N3O2. The number of nitrogens with zero attached hydrogens (tertiary/aromatic N) is 2. The monoisotopic (exact) mass is 287 g/mol. The van der Waals surface area contributed by atoms with Crippen LogP contribution in [0.3, 0.4) is 0 Å². The van der Waals surface area contributed by atoms with Crippen LogP contribution < -0.4 is 10.2 Å². The highest BCUT2D eigenvalue weighted by Crippen LogP contribution is 2.25. The summed E-state index contributed by atoms with van der Waals surface area (Å²) >= 11 is 0. The average molecular weight is 287 g/mol. The van der Waals surface area contributed by atoms with E-state index in [1.165, 1.54) is 0 Å². The Balaban J connectivity index is 2.31. The molecule has 0 aliphatic carbocycles. The topological polar surface area (TPSA) is 65.4 Å². The van der Waals surface area contributed by atoms with Gasteiger partial charge in [-0.3, -0.25) is 4.79 Å². The molecular weight excluding hydrogens is 266 g/mol. The van der Waals surface area contributed by atoms with E-state index in [1.54, 1.807) is 0 Å². The van der Waals surface area contributed by atoms with Gasteiger partial charge in [0.15, 0.2) is 0 Å². The van der Waals surface area contributed by atoms with Crippen LogP contribution in [0.5, 0.6) is 0 Å². The Morgan fingerprint density at radius 1 is 1.52 bits per heavy atom. The third-order valence-corrected chi connectivity index (χ3v) is 3.44. The van der Waals surface area contributed by atoms with Crippen molar-refractivity contribution in [3.05, 3.63) is 29.3 Å². The molecule has 2 rings (SSSR count). The molecule has 1 aliphatic rings. The molecule has 112 valence electrons. The zero-order valence-electron chi connectivity index (χ0n) is 12.7. The third-order valence-electron chi connectivity index (χ3n) is 3.44. The first kappa shape index (κ1) is 15.3. The van der Waals surface area contributed by atoms with Crippen LogP contribution in [0.4, 0.5) is 5.69 Å². The fourth-order valence-electron chi connectivity index (χ4n) is 2.48. The minimum atomic E-state index is -0.393. The minimum Gasteiger partial charge on any atom is -0.377 e. The average Bonchev–Trinajstić information content (AvgIpc) is 2.46. The van der Waals surface area contributed by atoms with E-state index in [2.05, 4.69) is 11.4 Å². The van der Waals surface area contributed by atoms with Crippen molar-refractivity contribution in [3.63, 3.8) is 0 Å². The summed E-state index contributed by atoms with van der Waals surface area (Å²) in [6.45, 7) is 7.32. The summed E-state index contributed by atoms with van der Waals surface area (Å²) in [4.78, 5) is 14.3. The van der Waals surface area contributed by atoms with Gasteiger partial charge in [-0.15, -0.1) is 0 Å². The van der Waals surface area contributed by atoms with E-state index in [4.69, 9.17) is 4.74 Å². The van der Waals surface area contributed by atoms with Crippen molar-refractivity contribution in [3.8, 4) is 6.07 Å². The fraction of sp³-hybridized carbons (Fsp3) is 0.500. The molecule has 1 unspecified atom stereocenters. The standard InChI is InChI=1S/C16H21N3O2/c1-11(2)18-16(20)15-10-21-7-6-19(15)14-5-4-12(3)8-13(14)9-17/h4-5,8,11,15H,6-7,10H2,1-3H3,(H,18,20). The van der Waals surface area contributed by atoms with Gasteiger partial charge in [0.2, 0.25) is 5.91 Å². The van der Waals surface area contributed by atoms with Gasteiger partial charge in [-0.2, -0.15) is 5.26 Å². The molecule has 1 aromatic rings. The summed E-state index contributed by atoms with van der Waals surface area (Å²) in [5, 5.41) is 12.3. The van der Waals surface area contributed by atoms with Crippen molar-refractivity contribution in [2.24, 2.45) is 0 Å². The molecule has 5 nitrogen and oxygen atoms in total. The first-order valence-corrected chi connectivity index (χ1v) is 7.18. The smallest absolute Gasteiger partial charge is 0.245 e. The van der Waals surface area contributed by atoms with Crippen molar-refractivity contribution in [1.29, 1.82) is 5.26 Å². The molecule has 1 fully saturated rings. The Morgan fingerprint density at radius 3 is 2.95 bits per heavy atom. The molecule has 0 bridgehead atoms. The first-order chi connectivity index (χ1) is 10.0. The summed E-state index contributed by atoms with van der Waals surface area (Å²) in [6.07, 6.45) is 0. The predicted molar refractivity (Wildman–Crippen MR) is 81.1 cm³/mol. The lowest BCUT2D eigenvalue weighted by atomic mass is 10.1. The summed E-state index contributed by atoms with van der Waals surface area (Å²) in [5.41, 5.74) is 2.43. The van der Waals surface area contributed by atoms with E-state index in [0.29, 0.717) is 25.3 Å². The zero-order valence-corrected chi connectivity index (χ0v) is 12.7. The van der Waals surface area contributed by atoms with Gasteiger partial charge in [0.05, 0.1) is 24.5 Å². The second-order valence-electron chi connectivity index (χ2n) is 5.58. The maximum absolute atomic E-state index is 12.3. The molecule has 0 spiro atoms. The number of ether oxygens (including phenoxy) is 1. The van der Waals surface area contributed by atoms with Gasteiger partial charge in [-0.25, -0.2) is 0 Å². The number of aryl methyl sites for hydroxylation is 1. The van der Waals surface area contributed by atoms with Crippen LogP contribution in [0.15, 0.2) is 18.2 Å². The molecule has 1 atom stereocenters. The van der Waals surface area contributed by atoms with Crippen molar-refractivity contribution >= 4 is 11.6 Å². The Kier molecular flexibility index (Phi) is 4.81. The van der Waals surface area contributed by atoms with Gasteiger partial charge in [0.1, 0.15) is 12.1 Å². The van der Waals surface area contributed by atoms with E-state index in [9.17, 15) is 10.1 Å². The Bertz CT molecular complexity index is 563.